The molecule has 1 unspecified atom stereocenters. The van der Waals surface area contributed by atoms with Crippen molar-refractivity contribution in [2.24, 2.45) is 0 Å². The van der Waals surface area contributed by atoms with Gasteiger partial charge in [-0.2, -0.15) is 0 Å². The molecule has 0 saturated heterocycles. The molecular weight excluding hydrogens is 222 g/mol. The Kier molecular flexibility index (Phi) is 6.81. The molecule has 1 atom stereocenters. The summed E-state index contributed by atoms with van der Waals surface area (Å²) >= 11 is 0. The zero-order valence-electron chi connectivity index (χ0n) is 12.0. The lowest BCUT2D eigenvalue weighted by atomic mass is 10.0. The Morgan fingerprint density at radius 1 is 1.00 bits per heavy atom. The van der Waals surface area contributed by atoms with Gasteiger partial charge in [0.15, 0.2) is 0 Å². The molecule has 0 radical (unpaired) electrons. The van der Waals surface area contributed by atoms with E-state index in [-0.39, 0.29) is 6.10 Å². The number of aliphatic hydroxyl groups excluding tert-OH is 1. The maximum absolute atomic E-state index is 10.1. The lowest BCUT2D eigenvalue weighted by Crippen LogP contribution is -2.08. The van der Waals surface area contributed by atoms with Crippen molar-refractivity contribution in [2.75, 3.05) is 19.0 Å². The predicted octanol–water partition coefficient (Wildman–Crippen LogP) is 4.15. The minimum atomic E-state index is -0.303. The number of hydrogen-bond donors (Lipinski definition) is 1. The molecule has 1 aromatic carbocycles. The second kappa shape index (κ2) is 8.15. The standard InChI is InChI=1S/C16H27NO/c1-4-5-6-7-8-9-16(18)14-10-12-15(13-11-14)17(2)3/h10-13,16,18H,4-9H2,1-3H3. The number of rotatable bonds is 8. The van der Waals surface area contributed by atoms with E-state index in [1.807, 2.05) is 26.2 Å². The molecule has 0 fully saturated rings. The molecule has 0 bridgehead atoms. The molecule has 0 aliphatic heterocycles. The number of hydrogen-bond acceptors (Lipinski definition) is 2. The van der Waals surface area contributed by atoms with Crippen molar-refractivity contribution in [2.45, 2.75) is 51.6 Å². The predicted molar refractivity (Wildman–Crippen MR) is 79.1 cm³/mol. The van der Waals surface area contributed by atoms with Crippen LogP contribution in [0.4, 0.5) is 5.69 Å². The molecule has 0 heterocycles. The topological polar surface area (TPSA) is 23.5 Å². The molecule has 1 aromatic rings. The second-order valence-electron chi connectivity index (χ2n) is 5.20. The molecule has 2 heteroatoms. The van der Waals surface area contributed by atoms with Crippen molar-refractivity contribution in [3.05, 3.63) is 29.8 Å². The van der Waals surface area contributed by atoms with Crippen LogP contribution in [0.2, 0.25) is 0 Å². The number of benzene rings is 1. The van der Waals surface area contributed by atoms with Crippen LogP contribution in [0.25, 0.3) is 0 Å². The second-order valence-corrected chi connectivity index (χ2v) is 5.20. The molecule has 1 rings (SSSR count). The van der Waals surface area contributed by atoms with Gasteiger partial charge in [-0.1, -0.05) is 51.2 Å². The zero-order chi connectivity index (χ0) is 13.4. The fourth-order valence-electron chi connectivity index (χ4n) is 2.10. The van der Waals surface area contributed by atoms with Gasteiger partial charge in [-0.25, -0.2) is 0 Å². The van der Waals surface area contributed by atoms with Crippen LogP contribution in [0.5, 0.6) is 0 Å². The van der Waals surface area contributed by atoms with Gasteiger partial charge in [0.05, 0.1) is 6.10 Å². The first kappa shape index (κ1) is 15.0. The van der Waals surface area contributed by atoms with E-state index in [1.54, 1.807) is 0 Å². The van der Waals surface area contributed by atoms with Crippen molar-refractivity contribution >= 4 is 5.69 Å². The Labute approximate surface area is 112 Å². The van der Waals surface area contributed by atoms with Crippen molar-refractivity contribution in [3.63, 3.8) is 0 Å². The number of aliphatic hydroxyl groups is 1. The van der Waals surface area contributed by atoms with E-state index in [9.17, 15) is 5.11 Å². The highest BCUT2D eigenvalue weighted by atomic mass is 16.3. The van der Waals surface area contributed by atoms with E-state index in [2.05, 4.69) is 24.0 Å². The fourth-order valence-corrected chi connectivity index (χ4v) is 2.10. The summed E-state index contributed by atoms with van der Waals surface area (Å²) in [6.45, 7) is 2.22. The van der Waals surface area contributed by atoms with Gasteiger partial charge < -0.3 is 10.0 Å². The number of unbranched alkanes of at least 4 members (excludes halogenated alkanes) is 4. The van der Waals surface area contributed by atoms with Crippen molar-refractivity contribution < 1.29 is 5.11 Å². The highest BCUT2D eigenvalue weighted by molar-refractivity contribution is 5.46. The van der Waals surface area contributed by atoms with Crippen molar-refractivity contribution in [1.29, 1.82) is 0 Å². The van der Waals surface area contributed by atoms with Gasteiger partial charge in [0.1, 0.15) is 0 Å². The largest absolute Gasteiger partial charge is 0.388 e. The molecule has 0 aliphatic rings. The summed E-state index contributed by atoms with van der Waals surface area (Å²) in [7, 11) is 4.05. The first-order valence-electron chi connectivity index (χ1n) is 7.10. The molecule has 2 nitrogen and oxygen atoms in total. The third-order valence-corrected chi connectivity index (χ3v) is 3.38. The summed E-state index contributed by atoms with van der Waals surface area (Å²) in [4.78, 5) is 2.07. The zero-order valence-corrected chi connectivity index (χ0v) is 12.0. The first-order chi connectivity index (χ1) is 8.65. The molecule has 18 heavy (non-hydrogen) atoms. The van der Waals surface area contributed by atoms with Gasteiger partial charge in [0.25, 0.3) is 0 Å². The van der Waals surface area contributed by atoms with E-state index >= 15 is 0 Å². The molecule has 102 valence electrons. The van der Waals surface area contributed by atoms with E-state index in [0.717, 1.165) is 18.4 Å². The summed E-state index contributed by atoms with van der Waals surface area (Å²) in [5.41, 5.74) is 2.21. The fraction of sp³-hybridized carbons (Fsp3) is 0.625. The lowest BCUT2D eigenvalue weighted by Gasteiger charge is -2.15. The minimum absolute atomic E-state index is 0.303. The summed E-state index contributed by atoms with van der Waals surface area (Å²) in [6, 6.07) is 8.20. The van der Waals surface area contributed by atoms with Gasteiger partial charge in [-0.15, -0.1) is 0 Å². The number of anilines is 1. The van der Waals surface area contributed by atoms with Crippen LogP contribution in [0, 0.1) is 0 Å². The monoisotopic (exact) mass is 249 g/mol. The summed E-state index contributed by atoms with van der Waals surface area (Å²) < 4.78 is 0. The molecule has 0 spiro atoms. The Balaban J connectivity index is 2.34. The maximum Gasteiger partial charge on any atom is 0.0790 e. The normalized spacial score (nSPS) is 12.4. The van der Waals surface area contributed by atoms with Crippen molar-refractivity contribution in [3.8, 4) is 0 Å². The van der Waals surface area contributed by atoms with Crippen LogP contribution >= 0.6 is 0 Å². The Morgan fingerprint density at radius 2 is 1.61 bits per heavy atom. The average molecular weight is 249 g/mol. The van der Waals surface area contributed by atoms with E-state index < -0.39 is 0 Å². The van der Waals surface area contributed by atoms with E-state index in [0.29, 0.717) is 0 Å². The van der Waals surface area contributed by atoms with Crippen LogP contribution in [-0.4, -0.2) is 19.2 Å². The lowest BCUT2D eigenvalue weighted by molar-refractivity contribution is 0.163. The minimum Gasteiger partial charge on any atom is -0.388 e. The Bertz CT molecular complexity index is 318. The van der Waals surface area contributed by atoms with Crippen LogP contribution in [0.1, 0.15) is 57.1 Å². The van der Waals surface area contributed by atoms with Crippen LogP contribution in [-0.2, 0) is 0 Å². The SMILES string of the molecule is CCCCCCCC(O)c1ccc(N(C)C)cc1. The van der Waals surface area contributed by atoms with E-state index in [1.165, 1.54) is 31.4 Å². The highest BCUT2D eigenvalue weighted by Crippen LogP contribution is 2.22. The smallest absolute Gasteiger partial charge is 0.0790 e. The third kappa shape index (κ3) is 5.09. The highest BCUT2D eigenvalue weighted by Gasteiger charge is 2.07. The van der Waals surface area contributed by atoms with Crippen LogP contribution in [0.15, 0.2) is 24.3 Å². The average Bonchev–Trinajstić information content (AvgIpc) is 2.38. The molecule has 1 N–H and O–H groups in total. The van der Waals surface area contributed by atoms with Gasteiger partial charge in [-0.3, -0.25) is 0 Å². The van der Waals surface area contributed by atoms with Gasteiger partial charge in [-0.05, 0) is 24.1 Å². The number of nitrogens with zero attached hydrogens (tertiary/aromatic N) is 1. The molecule has 0 aliphatic carbocycles. The van der Waals surface area contributed by atoms with Gasteiger partial charge in [0.2, 0.25) is 0 Å². The molecule has 0 saturated carbocycles. The maximum atomic E-state index is 10.1. The van der Waals surface area contributed by atoms with E-state index in [4.69, 9.17) is 0 Å². The molecular formula is C16H27NO. The summed E-state index contributed by atoms with van der Waals surface area (Å²) in [5.74, 6) is 0. The summed E-state index contributed by atoms with van der Waals surface area (Å²) in [6.07, 6.45) is 6.82. The van der Waals surface area contributed by atoms with Gasteiger partial charge in [0, 0.05) is 19.8 Å². The quantitative estimate of drug-likeness (QED) is 0.700. The summed E-state index contributed by atoms with van der Waals surface area (Å²) in [5, 5.41) is 10.1. The third-order valence-electron chi connectivity index (χ3n) is 3.38. The molecule has 0 amide bonds. The Hall–Kier alpha value is -1.02. The first-order valence-corrected chi connectivity index (χ1v) is 7.10. The Morgan fingerprint density at radius 3 is 2.17 bits per heavy atom. The van der Waals surface area contributed by atoms with Gasteiger partial charge >= 0.3 is 0 Å². The van der Waals surface area contributed by atoms with Crippen LogP contribution in [0.3, 0.4) is 0 Å². The van der Waals surface area contributed by atoms with Crippen LogP contribution < -0.4 is 4.90 Å². The van der Waals surface area contributed by atoms with Crippen molar-refractivity contribution in [1.82, 2.24) is 0 Å². The molecule has 0 aromatic heterocycles.